The van der Waals surface area contributed by atoms with Crippen molar-refractivity contribution >= 4 is 17.3 Å². The predicted octanol–water partition coefficient (Wildman–Crippen LogP) is 5.61. The SMILES string of the molecule is Cc1cc(OC(C)C)ccc1NC(C)c1ccccc1Cl. The van der Waals surface area contributed by atoms with Gasteiger partial charge in [-0.1, -0.05) is 29.8 Å². The maximum absolute atomic E-state index is 6.25. The average molecular weight is 304 g/mol. The third kappa shape index (κ3) is 4.15. The fourth-order valence-corrected chi connectivity index (χ4v) is 2.58. The van der Waals surface area contributed by atoms with Crippen LogP contribution >= 0.6 is 11.6 Å². The summed E-state index contributed by atoms with van der Waals surface area (Å²) in [6.07, 6.45) is 0.185. The number of rotatable bonds is 5. The van der Waals surface area contributed by atoms with Crippen molar-refractivity contribution in [3.63, 3.8) is 0 Å². The van der Waals surface area contributed by atoms with E-state index in [2.05, 4.69) is 31.3 Å². The van der Waals surface area contributed by atoms with Crippen LogP contribution < -0.4 is 10.1 Å². The van der Waals surface area contributed by atoms with E-state index in [1.54, 1.807) is 0 Å². The number of aryl methyl sites for hydroxylation is 1. The Hall–Kier alpha value is -1.67. The van der Waals surface area contributed by atoms with Crippen LogP contribution in [-0.4, -0.2) is 6.10 Å². The molecular weight excluding hydrogens is 282 g/mol. The van der Waals surface area contributed by atoms with Crippen LogP contribution in [0.2, 0.25) is 5.02 Å². The Morgan fingerprint density at radius 2 is 1.76 bits per heavy atom. The lowest BCUT2D eigenvalue weighted by Crippen LogP contribution is -2.09. The van der Waals surface area contributed by atoms with E-state index < -0.39 is 0 Å². The molecule has 0 aromatic heterocycles. The molecule has 2 aromatic carbocycles. The van der Waals surface area contributed by atoms with Gasteiger partial charge in [0.1, 0.15) is 5.75 Å². The summed E-state index contributed by atoms with van der Waals surface area (Å²) in [5.41, 5.74) is 3.35. The van der Waals surface area contributed by atoms with E-state index in [9.17, 15) is 0 Å². The van der Waals surface area contributed by atoms with Gasteiger partial charge in [0.2, 0.25) is 0 Å². The zero-order valence-electron chi connectivity index (χ0n) is 13.0. The molecule has 0 radical (unpaired) electrons. The Balaban J connectivity index is 2.14. The molecule has 3 heteroatoms. The van der Waals surface area contributed by atoms with Gasteiger partial charge < -0.3 is 10.1 Å². The van der Waals surface area contributed by atoms with Gasteiger partial charge in [-0.05, 0) is 63.1 Å². The van der Waals surface area contributed by atoms with Crippen molar-refractivity contribution in [1.29, 1.82) is 0 Å². The monoisotopic (exact) mass is 303 g/mol. The molecule has 0 saturated heterocycles. The number of hydrogen-bond acceptors (Lipinski definition) is 2. The molecular formula is C18H22ClNO. The molecule has 1 atom stereocenters. The van der Waals surface area contributed by atoms with Crippen LogP contribution in [0.25, 0.3) is 0 Å². The summed E-state index contributed by atoms with van der Waals surface area (Å²) in [5.74, 6) is 0.901. The van der Waals surface area contributed by atoms with Crippen LogP contribution in [-0.2, 0) is 0 Å². The average Bonchev–Trinajstić information content (AvgIpc) is 2.41. The predicted molar refractivity (Wildman–Crippen MR) is 90.4 cm³/mol. The summed E-state index contributed by atoms with van der Waals surface area (Å²) in [5, 5.41) is 4.29. The highest BCUT2D eigenvalue weighted by atomic mass is 35.5. The second-order valence-electron chi connectivity index (χ2n) is 5.53. The van der Waals surface area contributed by atoms with E-state index >= 15 is 0 Å². The topological polar surface area (TPSA) is 21.3 Å². The zero-order valence-corrected chi connectivity index (χ0v) is 13.7. The summed E-state index contributed by atoms with van der Waals surface area (Å²) in [7, 11) is 0. The van der Waals surface area contributed by atoms with Crippen molar-refractivity contribution in [2.24, 2.45) is 0 Å². The molecule has 0 heterocycles. The Labute approximate surface area is 132 Å². The fraction of sp³-hybridized carbons (Fsp3) is 0.333. The van der Waals surface area contributed by atoms with E-state index in [1.165, 1.54) is 0 Å². The number of nitrogens with one attached hydrogen (secondary N) is 1. The van der Waals surface area contributed by atoms with Gasteiger partial charge in [0, 0.05) is 16.8 Å². The molecule has 0 bridgehead atoms. The van der Waals surface area contributed by atoms with Gasteiger partial charge in [-0.25, -0.2) is 0 Å². The first-order chi connectivity index (χ1) is 9.97. The molecule has 0 amide bonds. The van der Waals surface area contributed by atoms with Gasteiger partial charge in [0.05, 0.1) is 6.10 Å². The largest absolute Gasteiger partial charge is 0.491 e. The van der Waals surface area contributed by atoms with Gasteiger partial charge in [-0.15, -0.1) is 0 Å². The van der Waals surface area contributed by atoms with Crippen molar-refractivity contribution in [1.82, 2.24) is 0 Å². The highest BCUT2D eigenvalue weighted by Gasteiger charge is 2.10. The molecule has 2 aromatic rings. The van der Waals surface area contributed by atoms with Crippen molar-refractivity contribution in [3.05, 3.63) is 58.6 Å². The maximum Gasteiger partial charge on any atom is 0.120 e. The molecule has 2 nitrogen and oxygen atoms in total. The molecule has 0 aliphatic heterocycles. The minimum Gasteiger partial charge on any atom is -0.491 e. The molecule has 0 spiro atoms. The summed E-state index contributed by atoms with van der Waals surface area (Å²) >= 11 is 6.25. The minimum absolute atomic E-state index is 0.147. The van der Waals surface area contributed by atoms with Crippen LogP contribution in [0.15, 0.2) is 42.5 Å². The highest BCUT2D eigenvalue weighted by molar-refractivity contribution is 6.31. The van der Waals surface area contributed by atoms with E-state index in [0.29, 0.717) is 0 Å². The second kappa shape index (κ2) is 6.86. The van der Waals surface area contributed by atoms with Crippen LogP contribution in [0.3, 0.4) is 0 Å². The zero-order chi connectivity index (χ0) is 15.4. The minimum atomic E-state index is 0.147. The van der Waals surface area contributed by atoms with Gasteiger partial charge >= 0.3 is 0 Å². The molecule has 21 heavy (non-hydrogen) atoms. The third-order valence-corrected chi connectivity index (χ3v) is 3.66. The quantitative estimate of drug-likeness (QED) is 0.775. The number of anilines is 1. The lowest BCUT2D eigenvalue weighted by molar-refractivity contribution is 0.242. The van der Waals surface area contributed by atoms with Crippen LogP contribution in [0, 0.1) is 6.92 Å². The molecule has 0 fully saturated rings. The first-order valence-corrected chi connectivity index (χ1v) is 7.63. The number of benzene rings is 2. The van der Waals surface area contributed by atoms with E-state index in [0.717, 1.165) is 27.6 Å². The summed E-state index contributed by atoms with van der Waals surface area (Å²) in [6.45, 7) is 8.25. The summed E-state index contributed by atoms with van der Waals surface area (Å²) < 4.78 is 5.71. The Morgan fingerprint density at radius 3 is 2.38 bits per heavy atom. The lowest BCUT2D eigenvalue weighted by Gasteiger charge is -2.19. The fourth-order valence-electron chi connectivity index (χ4n) is 2.28. The molecule has 0 saturated carbocycles. The Kier molecular flexibility index (Phi) is 5.13. The van der Waals surface area contributed by atoms with Crippen molar-refractivity contribution < 1.29 is 4.74 Å². The molecule has 0 aliphatic carbocycles. The van der Waals surface area contributed by atoms with Gasteiger partial charge in [-0.3, -0.25) is 0 Å². The van der Waals surface area contributed by atoms with E-state index in [1.807, 2.05) is 44.2 Å². The second-order valence-corrected chi connectivity index (χ2v) is 5.94. The van der Waals surface area contributed by atoms with Gasteiger partial charge in [0.15, 0.2) is 0 Å². The van der Waals surface area contributed by atoms with Crippen LogP contribution in [0.5, 0.6) is 5.75 Å². The van der Waals surface area contributed by atoms with Gasteiger partial charge in [0.25, 0.3) is 0 Å². The standard InChI is InChI=1S/C18H22ClNO/c1-12(2)21-15-9-10-18(13(3)11-15)20-14(4)16-7-5-6-8-17(16)19/h5-12,14,20H,1-4H3. The number of ether oxygens (including phenoxy) is 1. The first kappa shape index (κ1) is 15.7. The molecule has 112 valence electrons. The van der Waals surface area contributed by atoms with Crippen molar-refractivity contribution in [2.75, 3.05) is 5.32 Å². The maximum atomic E-state index is 6.25. The Morgan fingerprint density at radius 1 is 1.05 bits per heavy atom. The highest BCUT2D eigenvalue weighted by Crippen LogP contribution is 2.28. The summed E-state index contributed by atoms with van der Waals surface area (Å²) in [6, 6.07) is 14.2. The number of halogens is 1. The van der Waals surface area contributed by atoms with Crippen LogP contribution in [0.1, 0.15) is 37.9 Å². The molecule has 1 N–H and O–H groups in total. The van der Waals surface area contributed by atoms with Crippen molar-refractivity contribution in [2.45, 2.75) is 39.8 Å². The van der Waals surface area contributed by atoms with Crippen LogP contribution in [0.4, 0.5) is 5.69 Å². The molecule has 0 aliphatic rings. The van der Waals surface area contributed by atoms with E-state index in [4.69, 9.17) is 16.3 Å². The number of hydrogen-bond donors (Lipinski definition) is 1. The third-order valence-electron chi connectivity index (χ3n) is 3.31. The Bertz CT molecular complexity index is 610. The first-order valence-electron chi connectivity index (χ1n) is 7.25. The molecule has 2 rings (SSSR count). The molecule has 1 unspecified atom stereocenters. The van der Waals surface area contributed by atoms with Gasteiger partial charge in [-0.2, -0.15) is 0 Å². The lowest BCUT2D eigenvalue weighted by atomic mass is 10.1. The summed E-state index contributed by atoms with van der Waals surface area (Å²) in [4.78, 5) is 0. The van der Waals surface area contributed by atoms with E-state index in [-0.39, 0.29) is 12.1 Å². The smallest absolute Gasteiger partial charge is 0.120 e. The van der Waals surface area contributed by atoms with Crippen molar-refractivity contribution in [3.8, 4) is 5.75 Å². The normalized spacial score (nSPS) is 12.3.